The van der Waals surface area contributed by atoms with Gasteiger partial charge in [0.1, 0.15) is 0 Å². The summed E-state index contributed by atoms with van der Waals surface area (Å²) in [7, 11) is 0. The van der Waals surface area contributed by atoms with E-state index in [-0.39, 0.29) is 0 Å². The van der Waals surface area contributed by atoms with Crippen LogP contribution in [0.15, 0.2) is 6.07 Å². The second-order valence-electron chi connectivity index (χ2n) is 5.78. The van der Waals surface area contributed by atoms with Gasteiger partial charge in [-0.2, -0.15) is 0 Å². The van der Waals surface area contributed by atoms with Crippen LogP contribution in [0.25, 0.3) is 0 Å². The summed E-state index contributed by atoms with van der Waals surface area (Å²) in [5.74, 6) is 1.79. The number of carbonyl (C=O) groups excluding carboxylic acids is 1. The van der Waals surface area contributed by atoms with Crippen molar-refractivity contribution in [2.75, 3.05) is 19.6 Å². The SMILES string of the molecule is Cc1cc(C(=O)CN2CCC(C(C)C)C2)c(C)s1. The molecule has 0 N–H and O–H groups in total. The second-order valence-corrected chi connectivity index (χ2v) is 7.24. The van der Waals surface area contributed by atoms with Crippen molar-refractivity contribution in [3.63, 3.8) is 0 Å². The largest absolute Gasteiger partial charge is 0.296 e. The summed E-state index contributed by atoms with van der Waals surface area (Å²) < 4.78 is 0. The Morgan fingerprint density at radius 3 is 2.72 bits per heavy atom. The normalized spacial score (nSPS) is 20.8. The van der Waals surface area contributed by atoms with E-state index in [2.05, 4.69) is 25.7 Å². The van der Waals surface area contributed by atoms with Gasteiger partial charge < -0.3 is 0 Å². The lowest BCUT2D eigenvalue weighted by atomic mass is 9.95. The lowest BCUT2D eigenvalue weighted by molar-refractivity contribution is 0.0941. The number of thiophene rings is 1. The molecule has 18 heavy (non-hydrogen) atoms. The van der Waals surface area contributed by atoms with Crippen LogP contribution in [0.1, 0.15) is 40.4 Å². The molecule has 1 aromatic heterocycles. The molecule has 0 radical (unpaired) electrons. The smallest absolute Gasteiger partial charge is 0.177 e. The van der Waals surface area contributed by atoms with Crippen molar-refractivity contribution in [1.82, 2.24) is 4.90 Å². The van der Waals surface area contributed by atoms with E-state index in [1.165, 1.54) is 11.3 Å². The van der Waals surface area contributed by atoms with Gasteiger partial charge in [-0.1, -0.05) is 13.8 Å². The average Bonchev–Trinajstić information content (AvgIpc) is 2.85. The predicted molar refractivity (Wildman–Crippen MR) is 77.5 cm³/mol. The molecule has 1 aliphatic rings. The first-order valence-corrected chi connectivity index (χ1v) is 7.61. The van der Waals surface area contributed by atoms with E-state index in [1.54, 1.807) is 11.3 Å². The average molecular weight is 265 g/mol. The van der Waals surface area contributed by atoms with Crippen molar-refractivity contribution in [3.8, 4) is 0 Å². The van der Waals surface area contributed by atoms with Gasteiger partial charge in [0, 0.05) is 21.9 Å². The number of ketones is 1. The van der Waals surface area contributed by atoms with Crippen LogP contribution in [-0.2, 0) is 0 Å². The first kappa shape index (κ1) is 13.8. The van der Waals surface area contributed by atoms with Crippen molar-refractivity contribution in [2.45, 2.75) is 34.1 Å². The third-order valence-corrected chi connectivity index (χ3v) is 4.93. The van der Waals surface area contributed by atoms with E-state index in [0.29, 0.717) is 12.3 Å². The lowest BCUT2D eigenvalue weighted by Gasteiger charge is -2.17. The molecule has 2 heterocycles. The monoisotopic (exact) mass is 265 g/mol. The minimum atomic E-state index is 0.293. The fourth-order valence-electron chi connectivity index (χ4n) is 2.75. The number of rotatable bonds is 4. The van der Waals surface area contributed by atoms with Gasteiger partial charge in [0.05, 0.1) is 6.54 Å². The molecular formula is C15H23NOS. The predicted octanol–water partition coefficient (Wildman–Crippen LogP) is 3.53. The molecule has 1 atom stereocenters. The first-order valence-electron chi connectivity index (χ1n) is 6.80. The van der Waals surface area contributed by atoms with Crippen molar-refractivity contribution in [3.05, 3.63) is 21.4 Å². The maximum Gasteiger partial charge on any atom is 0.177 e. The van der Waals surface area contributed by atoms with Crippen molar-refractivity contribution < 1.29 is 4.79 Å². The van der Waals surface area contributed by atoms with Crippen LogP contribution < -0.4 is 0 Å². The van der Waals surface area contributed by atoms with Crippen LogP contribution in [0.5, 0.6) is 0 Å². The Hall–Kier alpha value is -0.670. The minimum absolute atomic E-state index is 0.293. The van der Waals surface area contributed by atoms with Crippen molar-refractivity contribution in [1.29, 1.82) is 0 Å². The molecule has 1 fully saturated rings. The molecule has 0 bridgehead atoms. The van der Waals surface area contributed by atoms with Gasteiger partial charge in [-0.15, -0.1) is 11.3 Å². The Bertz CT molecular complexity index is 436. The van der Waals surface area contributed by atoms with E-state index >= 15 is 0 Å². The zero-order chi connectivity index (χ0) is 13.3. The lowest BCUT2D eigenvalue weighted by Crippen LogP contribution is -2.28. The van der Waals surface area contributed by atoms with Gasteiger partial charge in [-0.3, -0.25) is 9.69 Å². The summed E-state index contributed by atoms with van der Waals surface area (Å²) in [5, 5.41) is 0. The fraction of sp³-hybridized carbons (Fsp3) is 0.667. The van der Waals surface area contributed by atoms with Crippen LogP contribution in [0.2, 0.25) is 0 Å². The van der Waals surface area contributed by atoms with E-state index in [0.717, 1.165) is 35.4 Å². The molecule has 0 aromatic carbocycles. The Balaban J connectivity index is 1.95. The molecular weight excluding hydrogens is 242 g/mol. The third kappa shape index (κ3) is 3.01. The van der Waals surface area contributed by atoms with E-state index in [4.69, 9.17) is 0 Å². The molecule has 1 aliphatic heterocycles. The van der Waals surface area contributed by atoms with Gasteiger partial charge in [0.2, 0.25) is 0 Å². The van der Waals surface area contributed by atoms with Crippen LogP contribution in [0.4, 0.5) is 0 Å². The topological polar surface area (TPSA) is 20.3 Å². The summed E-state index contributed by atoms with van der Waals surface area (Å²) >= 11 is 1.72. The van der Waals surface area contributed by atoms with E-state index in [9.17, 15) is 4.79 Å². The highest BCUT2D eigenvalue weighted by atomic mass is 32.1. The van der Waals surface area contributed by atoms with E-state index < -0.39 is 0 Å². The van der Waals surface area contributed by atoms with Crippen molar-refractivity contribution >= 4 is 17.1 Å². The zero-order valence-corrected chi connectivity index (χ0v) is 12.6. The minimum Gasteiger partial charge on any atom is -0.296 e. The maximum absolute atomic E-state index is 12.3. The summed E-state index contributed by atoms with van der Waals surface area (Å²) in [4.78, 5) is 17.0. The Labute approximate surface area is 114 Å². The third-order valence-electron chi connectivity index (χ3n) is 3.96. The number of nitrogens with zero attached hydrogens (tertiary/aromatic N) is 1. The molecule has 1 saturated heterocycles. The Morgan fingerprint density at radius 1 is 1.50 bits per heavy atom. The van der Waals surface area contributed by atoms with Crippen LogP contribution in [0.3, 0.4) is 0 Å². The quantitative estimate of drug-likeness (QED) is 0.776. The van der Waals surface area contributed by atoms with Crippen molar-refractivity contribution in [2.24, 2.45) is 11.8 Å². The molecule has 0 amide bonds. The summed E-state index contributed by atoms with van der Waals surface area (Å²) in [6.45, 7) is 11.4. The Morgan fingerprint density at radius 2 is 2.22 bits per heavy atom. The van der Waals surface area contributed by atoms with Gasteiger partial charge in [0.15, 0.2) is 5.78 Å². The Kier molecular flexibility index (Phi) is 4.23. The number of aryl methyl sites for hydroxylation is 2. The summed E-state index contributed by atoms with van der Waals surface area (Å²) in [6, 6.07) is 2.04. The van der Waals surface area contributed by atoms with Crippen LogP contribution in [-0.4, -0.2) is 30.3 Å². The number of hydrogen-bond acceptors (Lipinski definition) is 3. The number of hydrogen-bond donors (Lipinski definition) is 0. The zero-order valence-electron chi connectivity index (χ0n) is 11.8. The van der Waals surface area contributed by atoms with Crippen LogP contribution >= 0.6 is 11.3 Å². The molecule has 1 unspecified atom stereocenters. The molecule has 2 rings (SSSR count). The molecule has 0 spiro atoms. The molecule has 0 aliphatic carbocycles. The van der Waals surface area contributed by atoms with Crippen LogP contribution in [0, 0.1) is 25.7 Å². The standard InChI is InChI=1S/C15H23NOS/c1-10(2)13-5-6-16(8-13)9-15(17)14-7-11(3)18-12(14)4/h7,10,13H,5-6,8-9H2,1-4H3. The number of likely N-dealkylation sites (tertiary alicyclic amines) is 1. The number of Topliss-reactive ketones (excluding diaryl/α,β-unsaturated/α-hetero) is 1. The summed E-state index contributed by atoms with van der Waals surface area (Å²) in [5.41, 5.74) is 0.936. The van der Waals surface area contributed by atoms with Gasteiger partial charge in [0.25, 0.3) is 0 Å². The highest BCUT2D eigenvalue weighted by Gasteiger charge is 2.26. The number of carbonyl (C=O) groups is 1. The molecule has 1 aromatic rings. The highest BCUT2D eigenvalue weighted by molar-refractivity contribution is 7.12. The highest BCUT2D eigenvalue weighted by Crippen LogP contribution is 2.25. The fourth-order valence-corrected chi connectivity index (χ4v) is 3.69. The van der Waals surface area contributed by atoms with Gasteiger partial charge in [-0.25, -0.2) is 0 Å². The molecule has 2 nitrogen and oxygen atoms in total. The van der Waals surface area contributed by atoms with Gasteiger partial charge in [-0.05, 0) is 44.7 Å². The second kappa shape index (κ2) is 5.54. The molecule has 0 saturated carbocycles. The molecule has 100 valence electrons. The first-order chi connectivity index (χ1) is 8.47. The molecule has 3 heteroatoms. The summed E-state index contributed by atoms with van der Waals surface area (Å²) in [6.07, 6.45) is 1.24. The van der Waals surface area contributed by atoms with Gasteiger partial charge >= 0.3 is 0 Å². The maximum atomic E-state index is 12.3. The van der Waals surface area contributed by atoms with E-state index in [1.807, 2.05) is 13.0 Å².